The fraction of sp³-hybridized carbons (Fsp3) is 0. The van der Waals surface area contributed by atoms with E-state index in [9.17, 15) is 0 Å². The van der Waals surface area contributed by atoms with Gasteiger partial charge >= 0.3 is 0 Å². The summed E-state index contributed by atoms with van der Waals surface area (Å²) >= 11 is 3.20. The quantitative estimate of drug-likeness (QED) is 0.613. The van der Waals surface area contributed by atoms with Crippen LogP contribution in [0.1, 0.15) is 0 Å². The number of imidazole rings is 1. The minimum Gasteiger partial charge on any atom is -0.375 e. The number of hydrogen-bond donors (Lipinski definition) is 1. The van der Waals surface area contributed by atoms with Crippen molar-refractivity contribution < 1.29 is 0 Å². The zero-order valence-corrected chi connectivity index (χ0v) is 12.0. The summed E-state index contributed by atoms with van der Waals surface area (Å²) < 4.78 is 3.19. The molecule has 0 saturated heterocycles. The highest BCUT2D eigenvalue weighted by molar-refractivity contribution is 7.99. The van der Waals surface area contributed by atoms with Crippen LogP contribution in [0.4, 0.5) is 5.13 Å². The molecule has 0 atom stereocenters. The first-order valence-electron chi connectivity index (χ1n) is 6.05. The second kappa shape index (κ2) is 4.50. The van der Waals surface area contributed by atoms with Crippen molar-refractivity contribution in [3.05, 3.63) is 48.8 Å². The van der Waals surface area contributed by atoms with Gasteiger partial charge in [-0.25, -0.2) is 9.97 Å². The Morgan fingerprint density at radius 1 is 1.20 bits per heavy atom. The Labute approximate surface area is 123 Å². The highest BCUT2D eigenvalue weighted by atomic mass is 32.2. The highest BCUT2D eigenvalue weighted by Gasteiger charge is 2.07. The summed E-state index contributed by atoms with van der Waals surface area (Å²) in [6, 6.07) is 12.2. The molecule has 3 heterocycles. The first-order chi connectivity index (χ1) is 9.79. The van der Waals surface area contributed by atoms with E-state index >= 15 is 0 Å². The monoisotopic (exact) mass is 298 g/mol. The standard InChI is InChI=1S/C14H10N4S2/c15-14-17-10-5-4-9(7-11(10)20-14)19-13-8-16-12-3-1-2-6-18(12)13/h1-8H,(H2,15,17). The average molecular weight is 298 g/mol. The van der Waals surface area contributed by atoms with Crippen molar-refractivity contribution in [2.24, 2.45) is 0 Å². The summed E-state index contributed by atoms with van der Waals surface area (Å²) in [6.45, 7) is 0. The molecule has 4 nitrogen and oxygen atoms in total. The number of thiazole rings is 1. The van der Waals surface area contributed by atoms with E-state index in [1.807, 2.05) is 36.7 Å². The van der Waals surface area contributed by atoms with E-state index in [1.54, 1.807) is 11.8 Å². The zero-order chi connectivity index (χ0) is 13.5. The van der Waals surface area contributed by atoms with Crippen LogP contribution in [0, 0.1) is 0 Å². The molecule has 0 aliphatic rings. The lowest BCUT2D eigenvalue weighted by Crippen LogP contribution is -1.84. The Balaban J connectivity index is 1.76. The van der Waals surface area contributed by atoms with Gasteiger partial charge in [-0.05, 0) is 30.3 Å². The van der Waals surface area contributed by atoms with E-state index in [2.05, 4.69) is 26.5 Å². The van der Waals surface area contributed by atoms with Crippen molar-refractivity contribution in [2.45, 2.75) is 9.92 Å². The smallest absolute Gasteiger partial charge is 0.181 e. The van der Waals surface area contributed by atoms with Gasteiger partial charge in [0.1, 0.15) is 10.7 Å². The van der Waals surface area contributed by atoms with Crippen LogP contribution in [0.2, 0.25) is 0 Å². The van der Waals surface area contributed by atoms with Gasteiger partial charge in [0.25, 0.3) is 0 Å². The van der Waals surface area contributed by atoms with E-state index < -0.39 is 0 Å². The Kier molecular flexibility index (Phi) is 2.64. The second-order valence-electron chi connectivity index (χ2n) is 4.31. The molecule has 0 aliphatic heterocycles. The van der Waals surface area contributed by atoms with Gasteiger partial charge in [0, 0.05) is 11.1 Å². The molecule has 4 aromatic rings. The van der Waals surface area contributed by atoms with Crippen molar-refractivity contribution >= 4 is 44.1 Å². The van der Waals surface area contributed by atoms with Gasteiger partial charge < -0.3 is 5.73 Å². The fourth-order valence-electron chi connectivity index (χ4n) is 2.09. The number of nitrogen functional groups attached to an aromatic ring is 1. The summed E-state index contributed by atoms with van der Waals surface area (Å²) in [5.41, 5.74) is 7.65. The molecule has 98 valence electrons. The molecule has 0 unspecified atom stereocenters. The molecular formula is C14H10N4S2. The summed E-state index contributed by atoms with van der Waals surface area (Å²) in [7, 11) is 0. The van der Waals surface area contributed by atoms with Gasteiger partial charge in [0.15, 0.2) is 5.13 Å². The largest absolute Gasteiger partial charge is 0.375 e. The molecule has 0 aliphatic carbocycles. The van der Waals surface area contributed by atoms with E-state index in [0.29, 0.717) is 5.13 Å². The molecular weight excluding hydrogens is 288 g/mol. The topological polar surface area (TPSA) is 56.2 Å². The summed E-state index contributed by atoms with van der Waals surface area (Å²) in [4.78, 5) is 9.82. The lowest BCUT2D eigenvalue weighted by Gasteiger charge is -2.01. The number of benzene rings is 1. The van der Waals surface area contributed by atoms with Gasteiger partial charge in [-0.2, -0.15) is 0 Å². The number of hydrogen-bond acceptors (Lipinski definition) is 5. The van der Waals surface area contributed by atoms with Crippen LogP contribution in [0.15, 0.2) is 58.7 Å². The molecule has 1 aromatic carbocycles. The summed E-state index contributed by atoms with van der Waals surface area (Å²) in [5, 5.41) is 1.70. The molecule has 3 aromatic heterocycles. The normalized spacial score (nSPS) is 11.4. The van der Waals surface area contributed by atoms with E-state index in [-0.39, 0.29) is 0 Å². The molecule has 0 saturated carbocycles. The third-order valence-corrected chi connectivity index (χ3v) is 4.83. The lowest BCUT2D eigenvalue weighted by atomic mass is 10.3. The van der Waals surface area contributed by atoms with Crippen LogP contribution in [0.5, 0.6) is 0 Å². The van der Waals surface area contributed by atoms with Crippen molar-refractivity contribution in [2.75, 3.05) is 5.73 Å². The Bertz CT molecular complexity index is 910. The number of pyridine rings is 1. The SMILES string of the molecule is Nc1nc2ccc(Sc3cnc4ccccn34)cc2s1. The average Bonchev–Trinajstić information content (AvgIpc) is 3.02. The van der Waals surface area contributed by atoms with Gasteiger partial charge in [-0.1, -0.05) is 29.2 Å². The maximum atomic E-state index is 5.74. The third kappa shape index (κ3) is 1.93. The van der Waals surface area contributed by atoms with Crippen molar-refractivity contribution in [1.29, 1.82) is 0 Å². The number of nitrogens with two attached hydrogens (primary N) is 1. The minimum atomic E-state index is 0.608. The minimum absolute atomic E-state index is 0.608. The Morgan fingerprint density at radius 2 is 2.15 bits per heavy atom. The molecule has 6 heteroatoms. The number of anilines is 1. The van der Waals surface area contributed by atoms with Crippen LogP contribution >= 0.6 is 23.1 Å². The maximum absolute atomic E-state index is 5.74. The Morgan fingerprint density at radius 3 is 3.10 bits per heavy atom. The fourth-order valence-corrected chi connectivity index (χ4v) is 3.85. The Hall–Kier alpha value is -2.05. The lowest BCUT2D eigenvalue weighted by molar-refractivity contribution is 1.05. The maximum Gasteiger partial charge on any atom is 0.181 e. The third-order valence-electron chi connectivity index (χ3n) is 2.98. The number of aromatic nitrogens is 3. The van der Waals surface area contributed by atoms with Crippen LogP contribution in [0.3, 0.4) is 0 Å². The molecule has 4 rings (SSSR count). The zero-order valence-electron chi connectivity index (χ0n) is 10.4. The van der Waals surface area contributed by atoms with E-state index in [4.69, 9.17) is 5.73 Å². The molecule has 0 spiro atoms. The van der Waals surface area contributed by atoms with Crippen molar-refractivity contribution in [1.82, 2.24) is 14.4 Å². The molecule has 0 amide bonds. The number of nitrogens with zero attached hydrogens (tertiary/aromatic N) is 3. The summed E-state index contributed by atoms with van der Waals surface area (Å²) in [5.74, 6) is 0. The first kappa shape index (κ1) is 11.7. The van der Waals surface area contributed by atoms with Crippen LogP contribution in [-0.2, 0) is 0 Å². The molecule has 20 heavy (non-hydrogen) atoms. The molecule has 0 fully saturated rings. The van der Waals surface area contributed by atoms with Crippen LogP contribution in [0.25, 0.3) is 15.9 Å². The summed E-state index contributed by atoms with van der Waals surface area (Å²) in [6.07, 6.45) is 3.92. The molecule has 0 radical (unpaired) electrons. The van der Waals surface area contributed by atoms with E-state index in [1.165, 1.54) is 11.3 Å². The van der Waals surface area contributed by atoms with E-state index in [0.717, 1.165) is 25.8 Å². The molecule has 2 N–H and O–H groups in total. The first-order valence-corrected chi connectivity index (χ1v) is 7.69. The van der Waals surface area contributed by atoms with Gasteiger partial charge in [0.2, 0.25) is 0 Å². The van der Waals surface area contributed by atoms with Crippen molar-refractivity contribution in [3.8, 4) is 0 Å². The predicted molar refractivity (Wildman–Crippen MR) is 83.3 cm³/mol. The van der Waals surface area contributed by atoms with Crippen LogP contribution < -0.4 is 5.73 Å². The number of fused-ring (bicyclic) bond motifs is 2. The second-order valence-corrected chi connectivity index (χ2v) is 6.47. The number of rotatable bonds is 2. The molecule has 0 bridgehead atoms. The van der Waals surface area contributed by atoms with Gasteiger partial charge in [-0.3, -0.25) is 4.40 Å². The predicted octanol–water partition coefficient (Wildman–Crippen LogP) is 3.68. The van der Waals surface area contributed by atoms with Crippen molar-refractivity contribution in [3.63, 3.8) is 0 Å². The van der Waals surface area contributed by atoms with Crippen LogP contribution in [-0.4, -0.2) is 14.4 Å². The van der Waals surface area contributed by atoms with Gasteiger partial charge in [-0.15, -0.1) is 0 Å². The highest BCUT2D eigenvalue weighted by Crippen LogP contribution is 2.32. The van der Waals surface area contributed by atoms with Gasteiger partial charge in [0.05, 0.1) is 16.4 Å².